The molecule has 0 unspecified atom stereocenters. The first-order valence-corrected chi connectivity index (χ1v) is 8.19. The molecule has 0 heterocycles. The molecule has 0 radical (unpaired) electrons. The Morgan fingerprint density at radius 1 is 1.06 bits per heavy atom. The number of hydrogen-bond donors (Lipinski definition) is 1. The fourth-order valence-corrected chi connectivity index (χ4v) is 4.16. The van der Waals surface area contributed by atoms with Crippen LogP contribution in [0, 0.1) is 0 Å². The van der Waals surface area contributed by atoms with Gasteiger partial charge in [0, 0.05) is 6.26 Å². The van der Waals surface area contributed by atoms with Gasteiger partial charge in [-0.3, -0.25) is 0 Å². The van der Waals surface area contributed by atoms with E-state index in [4.69, 9.17) is 5.73 Å². The molecule has 2 N–H and O–H groups in total. The summed E-state index contributed by atoms with van der Waals surface area (Å²) in [6.45, 7) is 0. The number of nitrogen functional groups attached to an aromatic ring is 1. The molecule has 0 aliphatic carbocycles. The van der Waals surface area contributed by atoms with Crippen molar-refractivity contribution >= 4 is 25.4 Å². The van der Waals surface area contributed by atoms with E-state index in [1.807, 2.05) is 0 Å². The normalized spacial score (nSPS) is 12.6. The Bertz CT molecular complexity index is 575. The summed E-state index contributed by atoms with van der Waals surface area (Å²) in [5.41, 5.74) is 5.65. The molecule has 7 heteroatoms. The topological polar surface area (TPSA) is 94.3 Å². The Balaban J connectivity index is 3.01. The van der Waals surface area contributed by atoms with Crippen molar-refractivity contribution in [1.29, 1.82) is 0 Å². The second-order valence-corrected chi connectivity index (χ2v) is 7.82. The molecule has 0 saturated heterocycles. The third kappa shape index (κ3) is 3.49. The van der Waals surface area contributed by atoms with Gasteiger partial charge in [0.25, 0.3) is 0 Å². The first-order valence-electron chi connectivity index (χ1n) is 4.47. The highest BCUT2D eigenvalue weighted by Gasteiger charge is 2.19. The van der Waals surface area contributed by atoms with Gasteiger partial charge in [-0.2, -0.15) is 0 Å². The molecule has 5 nitrogen and oxygen atoms in total. The largest absolute Gasteiger partial charge is 0.398 e. The second kappa shape index (κ2) is 4.42. The fourth-order valence-electron chi connectivity index (χ4n) is 1.13. The first-order chi connectivity index (χ1) is 7.22. The molecule has 0 bridgehead atoms. The maximum atomic E-state index is 11.8. The SMILES string of the molecule is CS(=O)(=O)CCS(=O)(=O)c1ccccc1N. The number of rotatable bonds is 4. The number of nitrogens with two attached hydrogens (primary N) is 1. The molecule has 0 saturated carbocycles. The Morgan fingerprint density at radius 2 is 1.62 bits per heavy atom. The average molecular weight is 263 g/mol. The minimum atomic E-state index is -3.63. The lowest BCUT2D eigenvalue weighted by Crippen LogP contribution is -2.17. The summed E-state index contributed by atoms with van der Waals surface area (Å²) < 4.78 is 45.3. The molecule has 0 aliphatic rings. The molecular weight excluding hydrogens is 250 g/mol. The van der Waals surface area contributed by atoms with Gasteiger partial charge in [0.05, 0.1) is 22.1 Å². The molecule has 0 aliphatic heterocycles. The van der Waals surface area contributed by atoms with Gasteiger partial charge < -0.3 is 5.73 Å². The third-order valence-corrected chi connectivity index (χ3v) is 4.96. The van der Waals surface area contributed by atoms with Gasteiger partial charge in [-0.15, -0.1) is 0 Å². The predicted molar refractivity (Wildman–Crippen MR) is 62.6 cm³/mol. The van der Waals surface area contributed by atoms with Crippen LogP contribution in [0.4, 0.5) is 5.69 Å². The summed E-state index contributed by atoms with van der Waals surface area (Å²) in [5.74, 6) is -0.844. The summed E-state index contributed by atoms with van der Waals surface area (Å²) in [6, 6.07) is 5.99. The smallest absolute Gasteiger partial charge is 0.181 e. The Morgan fingerprint density at radius 3 is 2.12 bits per heavy atom. The molecule has 1 rings (SSSR count). The molecule has 0 atom stereocenters. The zero-order valence-corrected chi connectivity index (χ0v) is 10.4. The molecule has 1 aromatic rings. The van der Waals surface area contributed by atoms with E-state index >= 15 is 0 Å². The van der Waals surface area contributed by atoms with Crippen LogP contribution in [-0.2, 0) is 19.7 Å². The van der Waals surface area contributed by atoms with Gasteiger partial charge in [0.2, 0.25) is 0 Å². The van der Waals surface area contributed by atoms with E-state index in [1.54, 1.807) is 12.1 Å². The second-order valence-electron chi connectivity index (χ2n) is 3.49. The van der Waals surface area contributed by atoms with Crippen LogP contribution >= 0.6 is 0 Å². The van der Waals surface area contributed by atoms with Crippen molar-refractivity contribution in [3.05, 3.63) is 24.3 Å². The predicted octanol–water partition coefficient (Wildman–Crippen LogP) is 0.0871. The Hall–Kier alpha value is -1.08. The van der Waals surface area contributed by atoms with E-state index in [2.05, 4.69) is 0 Å². The Labute approximate surface area is 95.1 Å². The molecular formula is C9H13NO4S2. The molecule has 0 amide bonds. The molecule has 90 valence electrons. The maximum Gasteiger partial charge on any atom is 0.181 e. The fraction of sp³-hybridized carbons (Fsp3) is 0.333. The van der Waals surface area contributed by atoms with Crippen LogP contribution in [0.2, 0.25) is 0 Å². The molecule has 1 aromatic carbocycles. The number of para-hydroxylation sites is 1. The van der Waals surface area contributed by atoms with E-state index in [-0.39, 0.29) is 10.6 Å². The van der Waals surface area contributed by atoms with Crippen molar-refractivity contribution in [1.82, 2.24) is 0 Å². The molecule has 16 heavy (non-hydrogen) atoms. The maximum absolute atomic E-state index is 11.8. The van der Waals surface area contributed by atoms with Gasteiger partial charge in [-0.05, 0) is 12.1 Å². The highest BCUT2D eigenvalue weighted by molar-refractivity contribution is 7.94. The zero-order valence-electron chi connectivity index (χ0n) is 8.75. The van der Waals surface area contributed by atoms with Crippen molar-refractivity contribution in [3.8, 4) is 0 Å². The lowest BCUT2D eigenvalue weighted by Gasteiger charge is -2.06. The van der Waals surface area contributed by atoms with Crippen LogP contribution in [0.1, 0.15) is 0 Å². The lowest BCUT2D eigenvalue weighted by molar-refractivity contribution is 0.590. The van der Waals surface area contributed by atoms with Crippen molar-refractivity contribution < 1.29 is 16.8 Å². The molecule has 0 aromatic heterocycles. The number of hydrogen-bond acceptors (Lipinski definition) is 5. The number of benzene rings is 1. The highest BCUT2D eigenvalue weighted by atomic mass is 32.2. The molecule has 0 fully saturated rings. The van der Waals surface area contributed by atoms with Crippen LogP contribution in [0.15, 0.2) is 29.2 Å². The van der Waals surface area contributed by atoms with E-state index < -0.39 is 31.2 Å². The van der Waals surface area contributed by atoms with Crippen molar-refractivity contribution in [2.45, 2.75) is 4.90 Å². The van der Waals surface area contributed by atoms with E-state index in [0.717, 1.165) is 6.26 Å². The minimum Gasteiger partial charge on any atom is -0.398 e. The van der Waals surface area contributed by atoms with E-state index in [1.165, 1.54) is 12.1 Å². The zero-order chi connectivity index (χ0) is 12.4. The monoisotopic (exact) mass is 263 g/mol. The van der Waals surface area contributed by atoms with Gasteiger partial charge in [-0.25, -0.2) is 16.8 Å². The highest BCUT2D eigenvalue weighted by Crippen LogP contribution is 2.18. The van der Waals surface area contributed by atoms with Crippen LogP contribution in [0.5, 0.6) is 0 Å². The summed E-state index contributed by atoms with van der Waals surface area (Å²) in [6.07, 6.45) is 0.997. The van der Waals surface area contributed by atoms with Crippen molar-refractivity contribution in [2.75, 3.05) is 23.5 Å². The molecule has 0 spiro atoms. The number of sulfone groups is 2. The average Bonchev–Trinajstić information content (AvgIpc) is 2.14. The minimum absolute atomic E-state index is 0.0151. The first kappa shape index (κ1) is 13.0. The van der Waals surface area contributed by atoms with E-state index in [9.17, 15) is 16.8 Å². The van der Waals surface area contributed by atoms with Crippen LogP contribution in [0.25, 0.3) is 0 Å². The lowest BCUT2D eigenvalue weighted by atomic mass is 10.3. The number of anilines is 1. The van der Waals surface area contributed by atoms with Gasteiger partial charge in [0.1, 0.15) is 9.84 Å². The van der Waals surface area contributed by atoms with E-state index in [0.29, 0.717) is 0 Å². The van der Waals surface area contributed by atoms with Gasteiger partial charge in [-0.1, -0.05) is 12.1 Å². The van der Waals surface area contributed by atoms with Gasteiger partial charge in [0.15, 0.2) is 9.84 Å². The van der Waals surface area contributed by atoms with Crippen LogP contribution < -0.4 is 5.73 Å². The van der Waals surface area contributed by atoms with Crippen molar-refractivity contribution in [2.24, 2.45) is 0 Å². The van der Waals surface area contributed by atoms with Crippen molar-refractivity contribution in [3.63, 3.8) is 0 Å². The van der Waals surface area contributed by atoms with Crippen LogP contribution in [0.3, 0.4) is 0 Å². The summed E-state index contributed by atoms with van der Waals surface area (Å²) in [4.78, 5) is -0.0151. The van der Waals surface area contributed by atoms with Gasteiger partial charge >= 0.3 is 0 Å². The summed E-state index contributed by atoms with van der Waals surface area (Å²) in [5, 5.41) is 0. The standard InChI is InChI=1S/C9H13NO4S2/c1-15(11,12)6-7-16(13,14)9-5-3-2-4-8(9)10/h2-5H,6-7,10H2,1H3. The summed E-state index contributed by atoms with van der Waals surface area (Å²) in [7, 11) is -6.93. The Kier molecular flexibility index (Phi) is 3.59. The summed E-state index contributed by atoms with van der Waals surface area (Å²) >= 11 is 0. The van der Waals surface area contributed by atoms with Crippen LogP contribution in [-0.4, -0.2) is 34.6 Å². The third-order valence-electron chi connectivity index (χ3n) is 1.98. The quantitative estimate of drug-likeness (QED) is 0.777.